The zero-order valence-corrected chi connectivity index (χ0v) is 6.48. The first-order valence-corrected chi connectivity index (χ1v) is 4.90. The predicted octanol–water partition coefficient (Wildman–Crippen LogP) is 0.636. The lowest BCUT2D eigenvalue weighted by molar-refractivity contribution is 0.291. The second-order valence-electron chi connectivity index (χ2n) is 1.73. The van der Waals surface area contributed by atoms with Gasteiger partial charge >= 0.3 is 0 Å². The van der Waals surface area contributed by atoms with Gasteiger partial charge in [0.15, 0.2) is 0 Å². The van der Waals surface area contributed by atoms with E-state index in [0.29, 0.717) is 6.61 Å². The molecule has 49 valence electrons. The minimum atomic E-state index is -0.552. The molecule has 0 aliphatic rings. The van der Waals surface area contributed by atoms with Crippen molar-refractivity contribution in [3.8, 4) is 0 Å². The quantitative estimate of drug-likeness (QED) is 0.570. The summed E-state index contributed by atoms with van der Waals surface area (Å²) in [7, 11) is 1.18. The fourth-order valence-electron chi connectivity index (χ4n) is 0.430. The highest BCUT2D eigenvalue weighted by Gasteiger charge is 2.00. The van der Waals surface area contributed by atoms with E-state index in [1.807, 2.05) is 0 Å². The van der Waals surface area contributed by atoms with Crippen LogP contribution in [0.1, 0.15) is 6.42 Å². The second kappa shape index (κ2) is 5.28. The Morgan fingerprint density at radius 3 is 2.62 bits per heavy atom. The molecule has 0 aliphatic carbocycles. The molecule has 3 heteroatoms. The first kappa shape index (κ1) is 8.14. The van der Waals surface area contributed by atoms with Crippen LogP contribution in [0, 0.1) is 0 Å². The van der Waals surface area contributed by atoms with E-state index >= 15 is 0 Å². The molecule has 0 aliphatic heterocycles. The van der Waals surface area contributed by atoms with Crippen molar-refractivity contribution in [2.75, 3.05) is 13.7 Å². The summed E-state index contributed by atoms with van der Waals surface area (Å²) in [6.07, 6.45) is 0.888. The first-order chi connectivity index (χ1) is 3.81. The monoisotopic (exact) mass is 133 g/mol. The van der Waals surface area contributed by atoms with E-state index in [0.717, 1.165) is 12.5 Å². The summed E-state index contributed by atoms with van der Waals surface area (Å²) in [5, 5.41) is 8.37. The van der Waals surface area contributed by atoms with Crippen LogP contribution in [-0.4, -0.2) is 27.9 Å². The summed E-state index contributed by atoms with van der Waals surface area (Å²) in [6, 6.07) is 1.05. The third-order valence-corrected chi connectivity index (χ3v) is 2.79. The molecule has 0 rings (SSSR count). The Kier molecular flexibility index (Phi) is 5.37. The molecule has 0 amide bonds. The molecular weight excluding hydrogens is 120 g/mol. The van der Waals surface area contributed by atoms with E-state index in [9.17, 15) is 0 Å². The summed E-state index contributed by atoms with van der Waals surface area (Å²) in [6.45, 7) is 2.39. The molecular formula is C5H13O2Si. The maximum Gasteiger partial charge on any atom is 0.207 e. The van der Waals surface area contributed by atoms with Gasteiger partial charge in [-0.1, -0.05) is 0 Å². The first-order valence-electron chi connectivity index (χ1n) is 2.78. The van der Waals surface area contributed by atoms with Gasteiger partial charge in [-0.2, -0.15) is 0 Å². The van der Waals surface area contributed by atoms with Crippen LogP contribution >= 0.6 is 0 Å². The van der Waals surface area contributed by atoms with E-state index in [2.05, 4.69) is 6.55 Å². The zero-order chi connectivity index (χ0) is 6.41. The predicted molar refractivity (Wildman–Crippen MR) is 35.1 cm³/mol. The van der Waals surface area contributed by atoms with Crippen LogP contribution < -0.4 is 0 Å². The molecule has 1 N–H and O–H groups in total. The SMILES string of the molecule is CO[Si](C)CCCO. The second-order valence-corrected chi connectivity index (χ2v) is 4.05. The Hall–Kier alpha value is 0.137. The molecule has 8 heavy (non-hydrogen) atoms. The Morgan fingerprint density at radius 1 is 1.62 bits per heavy atom. The molecule has 2 nitrogen and oxygen atoms in total. The maximum absolute atomic E-state index is 8.37. The maximum atomic E-state index is 8.37. The number of aliphatic hydroxyl groups is 1. The van der Waals surface area contributed by atoms with Crippen molar-refractivity contribution >= 4 is 9.04 Å². The molecule has 0 bridgehead atoms. The van der Waals surface area contributed by atoms with E-state index in [-0.39, 0.29) is 0 Å². The fraction of sp³-hybridized carbons (Fsp3) is 1.00. The van der Waals surface area contributed by atoms with Crippen molar-refractivity contribution < 1.29 is 9.53 Å². The minimum Gasteiger partial charge on any atom is -0.420 e. The van der Waals surface area contributed by atoms with Crippen LogP contribution in [0.4, 0.5) is 0 Å². The van der Waals surface area contributed by atoms with E-state index in [4.69, 9.17) is 9.53 Å². The van der Waals surface area contributed by atoms with Crippen LogP contribution in [0.15, 0.2) is 0 Å². The van der Waals surface area contributed by atoms with Gasteiger partial charge in [0.2, 0.25) is 9.04 Å². The summed E-state index contributed by atoms with van der Waals surface area (Å²) < 4.78 is 5.04. The minimum absolute atomic E-state index is 0.297. The highest BCUT2D eigenvalue weighted by Crippen LogP contribution is 1.95. The van der Waals surface area contributed by atoms with Crippen molar-refractivity contribution in [1.82, 2.24) is 0 Å². The average molecular weight is 133 g/mol. The molecule has 0 aromatic heterocycles. The molecule has 0 aromatic rings. The third kappa shape index (κ3) is 4.30. The van der Waals surface area contributed by atoms with Crippen LogP contribution in [0.25, 0.3) is 0 Å². The number of aliphatic hydroxyl groups excluding tert-OH is 1. The largest absolute Gasteiger partial charge is 0.420 e. The summed E-state index contributed by atoms with van der Waals surface area (Å²) in [4.78, 5) is 0. The molecule has 1 radical (unpaired) electrons. The van der Waals surface area contributed by atoms with Crippen molar-refractivity contribution in [1.29, 1.82) is 0 Å². The normalized spacial score (nSPS) is 10.5. The van der Waals surface area contributed by atoms with E-state index < -0.39 is 9.04 Å². The van der Waals surface area contributed by atoms with Crippen molar-refractivity contribution in [2.45, 2.75) is 19.0 Å². The molecule has 0 aromatic carbocycles. The van der Waals surface area contributed by atoms with Crippen LogP contribution in [0.5, 0.6) is 0 Å². The van der Waals surface area contributed by atoms with Crippen molar-refractivity contribution in [2.24, 2.45) is 0 Å². The van der Waals surface area contributed by atoms with E-state index in [1.165, 1.54) is 0 Å². The van der Waals surface area contributed by atoms with Gasteiger partial charge in [-0.25, -0.2) is 0 Å². The third-order valence-electron chi connectivity index (χ3n) is 1.04. The van der Waals surface area contributed by atoms with E-state index in [1.54, 1.807) is 7.11 Å². The smallest absolute Gasteiger partial charge is 0.207 e. The van der Waals surface area contributed by atoms with Gasteiger partial charge < -0.3 is 9.53 Å². The lowest BCUT2D eigenvalue weighted by atomic mass is 10.5. The number of hydrogen-bond acceptors (Lipinski definition) is 2. The zero-order valence-electron chi connectivity index (χ0n) is 5.48. The Balaban J connectivity index is 2.86. The van der Waals surface area contributed by atoms with Crippen LogP contribution in [0.3, 0.4) is 0 Å². The summed E-state index contributed by atoms with van der Waals surface area (Å²) in [5.41, 5.74) is 0. The highest BCUT2D eigenvalue weighted by molar-refractivity contribution is 6.50. The van der Waals surface area contributed by atoms with Crippen molar-refractivity contribution in [3.63, 3.8) is 0 Å². The summed E-state index contributed by atoms with van der Waals surface area (Å²) >= 11 is 0. The Bertz CT molecular complexity index is 49.7. The number of hydrogen-bond donors (Lipinski definition) is 1. The molecule has 0 saturated carbocycles. The van der Waals surface area contributed by atoms with Crippen LogP contribution in [0.2, 0.25) is 12.6 Å². The fourth-order valence-corrected chi connectivity index (χ4v) is 1.29. The molecule has 0 heterocycles. The molecule has 0 atom stereocenters. The molecule has 0 unspecified atom stereocenters. The van der Waals surface area contributed by atoms with Gasteiger partial charge in [-0.05, 0) is 19.0 Å². The molecule has 0 fully saturated rings. The lowest BCUT2D eigenvalue weighted by Gasteiger charge is -2.02. The topological polar surface area (TPSA) is 29.5 Å². The average Bonchev–Trinajstić information content (AvgIpc) is 1.83. The van der Waals surface area contributed by atoms with Gasteiger partial charge in [-0.3, -0.25) is 0 Å². The van der Waals surface area contributed by atoms with Gasteiger partial charge in [0.1, 0.15) is 0 Å². The summed E-state index contributed by atoms with van der Waals surface area (Å²) in [5.74, 6) is 0. The molecule has 0 spiro atoms. The van der Waals surface area contributed by atoms with Gasteiger partial charge in [0.05, 0.1) is 0 Å². The van der Waals surface area contributed by atoms with Gasteiger partial charge in [0, 0.05) is 13.7 Å². The van der Waals surface area contributed by atoms with Gasteiger partial charge in [0.25, 0.3) is 0 Å². The van der Waals surface area contributed by atoms with Gasteiger partial charge in [-0.15, -0.1) is 0 Å². The van der Waals surface area contributed by atoms with Crippen LogP contribution in [-0.2, 0) is 4.43 Å². The Labute approximate surface area is 52.2 Å². The van der Waals surface area contributed by atoms with Crippen molar-refractivity contribution in [3.05, 3.63) is 0 Å². The standard InChI is InChI=1S/C5H13O2Si/c1-7-8(2)5-3-4-6/h6H,3-5H2,1-2H3. The Morgan fingerprint density at radius 2 is 2.25 bits per heavy atom. The number of rotatable bonds is 4. The molecule has 0 saturated heterocycles. The highest BCUT2D eigenvalue weighted by atomic mass is 28.3. The lowest BCUT2D eigenvalue weighted by Crippen LogP contribution is -2.09.